The highest BCUT2D eigenvalue weighted by atomic mass is 16.3. The Kier molecular flexibility index (Phi) is 2.42. The lowest BCUT2D eigenvalue weighted by Crippen LogP contribution is -2.48. The van der Waals surface area contributed by atoms with Crippen LogP contribution in [-0.2, 0) is 0 Å². The predicted octanol–water partition coefficient (Wildman–Crippen LogP) is 2.86. The van der Waals surface area contributed by atoms with E-state index < -0.39 is 0 Å². The molecule has 3 heteroatoms. The number of furan rings is 1. The highest BCUT2D eigenvalue weighted by Gasteiger charge is 2.36. The number of para-hydroxylation sites is 1. The number of rotatable bonds is 1. The largest absolute Gasteiger partial charge is 0.457 e. The van der Waals surface area contributed by atoms with Crippen LogP contribution in [0.25, 0.3) is 17.0 Å². The molecule has 0 amide bonds. The number of aliphatic hydroxyl groups is 1. The normalized spacial score (nSPS) is 28.5. The zero-order valence-corrected chi connectivity index (χ0v) is 10.7. The molecule has 0 radical (unpaired) electrons. The zero-order chi connectivity index (χ0) is 12.8. The molecule has 0 aliphatic carbocycles. The second kappa shape index (κ2) is 4.14. The summed E-state index contributed by atoms with van der Waals surface area (Å²) in [6, 6.07) is 10.0. The molecule has 1 aromatic carbocycles. The number of nitrogens with zero attached hydrogens (tertiary/aromatic N) is 1. The van der Waals surface area contributed by atoms with E-state index in [1.54, 1.807) is 0 Å². The van der Waals surface area contributed by atoms with Crippen LogP contribution >= 0.6 is 0 Å². The summed E-state index contributed by atoms with van der Waals surface area (Å²) in [6.07, 6.45) is 3.91. The van der Waals surface area contributed by atoms with Crippen LogP contribution in [0.4, 0.5) is 0 Å². The molecule has 1 aromatic heterocycles. The molecule has 3 aliphatic heterocycles. The Bertz CT molecular complexity index is 598. The highest BCUT2D eigenvalue weighted by molar-refractivity contribution is 5.79. The molecule has 0 spiro atoms. The van der Waals surface area contributed by atoms with Crippen molar-refractivity contribution in [2.24, 2.45) is 5.92 Å². The molecule has 5 rings (SSSR count). The summed E-state index contributed by atoms with van der Waals surface area (Å²) < 4.78 is 5.81. The van der Waals surface area contributed by atoms with Crippen molar-refractivity contribution in [2.45, 2.75) is 18.9 Å². The average molecular weight is 255 g/mol. The number of aliphatic hydroxyl groups excluding tert-OH is 1. The van der Waals surface area contributed by atoms with Gasteiger partial charge >= 0.3 is 0 Å². The van der Waals surface area contributed by atoms with E-state index in [9.17, 15) is 5.11 Å². The molecule has 3 fully saturated rings. The molecule has 0 saturated carbocycles. The summed E-state index contributed by atoms with van der Waals surface area (Å²) in [6.45, 7) is 2.13. The smallest absolute Gasteiger partial charge is 0.134 e. The Morgan fingerprint density at radius 3 is 2.74 bits per heavy atom. The molecule has 1 atom stereocenters. The van der Waals surface area contributed by atoms with Gasteiger partial charge in [-0.2, -0.15) is 0 Å². The third-order valence-corrected chi connectivity index (χ3v) is 4.39. The van der Waals surface area contributed by atoms with Gasteiger partial charge in [-0.05, 0) is 30.9 Å². The van der Waals surface area contributed by atoms with E-state index in [2.05, 4.69) is 4.90 Å². The van der Waals surface area contributed by atoms with Gasteiger partial charge in [0.15, 0.2) is 0 Å². The number of hydrogen-bond acceptors (Lipinski definition) is 3. The van der Waals surface area contributed by atoms with E-state index in [0.717, 1.165) is 48.4 Å². The average Bonchev–Trinajstić information content (AvgIpc) is 2.85. The minimum Gasteiger partial charge on any atom is -0.457 e. The van der Waals surface area contributed by atoms with Gasteiger partial charge in [-0.15, -0.1) is 0 Å². The Balaban J connectivity index is 1.74. The first-order chi connectivity index (χ1) is 9.31. The third-order valence-electron chi connectivity index (χ3n) is 4.39. The number of piperidine rings is 3. The number of benzene rings is 1. The van der Waals surface area contributed by atoms with Crippen molar-refractivity contribution >= 4 is 17.0 Å². The first kappa shape index (κ1) is 11.1. The van der Waals surface area contributed by atoms with Crippen LogP contribution in [0.5, 0.6) is 0 Å². The van der Waals surface area contributed by atoms with Gasteiger partial charge in [0, 0.05) is 30.2 Å². The molecular formula is C16H17NO2. The molecule has 3 aliphatic rings. The van der Waals surface area contributed by atoms with E-state index in [4.69, 9.17) is 4.42 Å². The van der Waals surface area contributed by atoms with Gasteiger partial charge in [0.1, 0.15) is 11.3 Å². The van der Waals surface area contributed by atoms with Crippen molar-refractivity contribution < 1.29 is 9.52 Å². The Hall–Kier alpha value is -1.74. The summed E-state index contributed by atoms with van der Waals surface area (Å²) in [7, 11) is 0. The van der Waals surface area contributed by atoms with Gasteiger partial charge < -0.3 is 14.4 Å². The maximum absolute atomic E-state index is 10.3. The first-order valence-electron chi connectivity index (χ1n) is 6.94. The summed E-state index contributed by atoms with van der Waals surface area (Å²) in [5, 5.41) is 11.5. The lowest BCUT2D eigenvalue weighted by Gasteiger charge is -2.45. The summed E-state index contributed by atoms with van der Waals surface area (Å²) in [5.41, 5.74) is 1.93. The molecule has 4 heterocycles. The minimum atomic E-state index is -0.323. The van der Waals surface area contributed by atoms with Crippen molar-refractivity contribution in [3.8, 4) is 0 Å². The Labute approximate surface area is 112 Å². The van der Waals surface area contributed by atoms with Crippen LogP contribution in [0, 0.1) is 5.92 Å². The lowest BCUT2D eigenvalue weighted by atomic mass is 9.83. The van der Waals surface area contributed by atoms with E-state index in [1.165, 1.54) is 0 Å². The third kappa shape index (κ3) is 1.77. The second-order valence-corrected chi connectivity index (χ2v) is 5.53. The quantitative estimate of drug-likeness (QED) is 0.851. The van der Waals surface area contributed by atoms with Crippen molar-refractivity contribution in [3.05, 3.63) is 41.8 Å². The van der Waals surface area contributed by atoms with Crippen molar-refractivity contribution in [1.29, 1.82) is 0 Å². The molecule has 3 nitrogen and oxygen atoms in total. The first-order valence-corrected chi connectivity index (χ1v) is 6.94. The van der Waals surface area contributed by atoms with Crippen LogP contribution in [0.15, 0.2) is 40.4 Å². The summed E-state index contributed by atoms with van der Waals surface area (Å²) in [4.78, 5) is 2.29. The fourth-order valence-electron chi connectivity index (χ4n) is 3.30. The number of hydrogen-bond donors (Lipinski definition) is 1. The van der Waals surface area contributed by atoms with Crippen LogP contribution < -0.4 is 0 Å². The van der Waals surface area contributed by atoms with E-state index >= 15 is 0 Å². The van der Waals surface area contributed by atoms with E-state index in [0.29, 0.717) is 5.92 Å². The molecule has 1 N–H and O–H groups in total. The van der Waals surface area contributed by atoms with Gasteiger partial charge in [0.25, 0.3) is 0 Å². The molecule has 2 aromatic rings. The predicted molar refractivity (Wildman–Crippen MR) is 74.5 cm³/mol. The van der Waals surface area contributed by atoms with Gasteiger partial charge in [-0.1, -0.05) is 18.2 Å². The minimum absolute atomic E-state index is 0.323. The van der Waals surface area contributed by atoms with Crippen LogP contribution in [-0.4, -0.2) is 29.2 Å². The van der Waals surface area contributed by atoms with Crippen molar-refractivity contribution in [2.75, 3.05) is 13.1 Å². The standard InChI is InChI=1S/C16H17NO2/c18-16-11-5-7-17(8-6-11)14(16)10-13-9-12-3-1-2-4-15(12)19-13/h1-4,9-11,16,18H,5-8H2. The topological polar surface area (TPSA) is 36.6 Å². The SMILES string of the molecule is OC1C(=Cc2cc3ccccc3o2)N2CCC1CC2. The van der Waals surface area contributed by atoms with Crippen LogP contribution in [0.2, 0.25) is 0 Å². The lowest BCUT2D eigenvalue weighted by molar-refractivity contribution is 0.0214. The zero-order valence-electron chi connectivity index (χ0n) is 10.7. The Morgan fingerprint density at radius 1 is 1.21 bits per heavy atom. The maximum Gasteiger partial charge on any atom is 0.134 e. The van der Waals surface area contributed by atoms with E-state index in [1.807, 2.05) is 36.4 Å². The molecule has 3 saturated heterocycles. The van der Waals surface area contributed by atoms with Crippen molar-refractivity contribution in [1.82, 2.24) is 4.90 Å². The molecule has 98 valence electrons. The monoisotopic (exact) mass is 255 g/mol. The van der Waals surface area contributed by atoms with Crippen LogP contribution in [0.3, 0.4) is 0 Å². The fourth-order valence-corrected chi connectivity index (χ4v) is 3.30. The maximum atomic E-state index is 10.3. The number of fused-ring (bicyclic) bond motifs is 4. The second-order valence-electron chi connectivity index (χ2n) is 5.53. The van der Waals surface area contributed by atoms with Gasteiger partial charge in [0.05, 0.1) is 6.10 Å². The van der Waals surface area contributed by atoms with Gasteiger partial charge in [-0.3, -0.25) is 0 Å². The Morgan fingerprint density at radius 2 is 2.00 bits per heavy atom. The molecule has 1 unspecified atom stereocenters. The van der Waals surface area contributed by atoms with Gasteiger partial charge in [0.2, 0.25) is 0 Å². The van der Waals surface area contributed by atoms with E-state index in [-0.39, 0.29) is 6.10 Å². The molecule has 2 bridgehead atoms. The van der Waals surface area contributed by atoms with Crippen molar-refractivity contribution in [3.63, 3.8) is 0 Å². The van der Waals surface area contributed by atoms with Crippen LogP contribution in [0.1, 0.15) is 18.6 Å². The fraction of sp³-hybridized carbons (Fsp3) is 0.375. The molecule has 19 heavy (non-hydrogen) atoms. The summed E-state index contributed by atoms with van der Waals surface area (Å²) in [5.74, 6) is 1.27. The molecular weight excluding hydrogens is 238 g/mol. The summed E-state index contributed by atoms with van der Waals surface area (Å²) >= 11 is 0. The van der Waals surface area contributed by atoms with Gasteiger partial charge in [-0.25, -0.2) is 0 Å². The highest BCUT2D eigenvalue weighted by Crippen LogP contribution is 2.36.